The minimum absolute atomic E-state index is 0.0886. The van der Waals surface area contributed by atoms with Crippen molar-refractivity contribution in [1.82, 2.24) is 0 Å². The standard InChI is InChI=1S/C14H15NO3/c1-3-10-8-13(16)15(9-10)12-6-4-11(5-7-12)14(17)18-2/h3-7,10H,1,8-9H2,2H3. The molecule has 1 fully saturated rings. The van der Waals surface area contributed by atoms with Crippen LogP contribution in [0.5, 0.6) is 0 Å². The molecule has 0 aromatic heterocycles. The first-order valence-electron chi connectivity index (χ1n) is 5.77. The second kappa shape index (κ2) is 5.04. The van der Waals surface area contributed by atoms with Crippen molar-refractivity contribution in [3.8, 4) is 0 Å². The summed E-state index contributed by atoms with van der Waals surface area (Å²) in [5, 5.41) is 0. The van der Waals surface area contributed by atoms with Gasteiger partial charge in [0.25, 0.3) is 0 Å². The Balaban J connectivity index is 2.17. The highest BCUT2D eigenvalue weighted by molar-refractivity contribution is 5.96. The Labute approximate surface area is 106 Å². The fraction of sp³-hybridized carbons (Fsp3) is 0.286. The lowest BCUT2D eigenvalue weighted by Crippen LogP contribution is -2.24. The van der Waals surface area contributed by atoms with Crippen LogP contribution in [-0.2, 0) is 9.53 Å². The summed E-state index contributed by atoms with van der Waals surface area (Å²) in [6, 6.07) is 6.84. The Kier molecular flexibility index (Phi) is 3.46. The zero-order valence-electron chi connectivity index (χ0n) is 10.3. The van der Waals surface area contributed by atoms with Crippen LogP contribution in [0.2, 0.25) is 0 Å². The van der Waals surface area contributed by atoms with Gasteiger partial charge in [-0.15, -0.1) is 6.58 Å². The number of carbonyl (C=O) groups excluding carboxylic acids is 2. The molecule has 1 saturated heterocycles. The maximum absolute atomic E-state index is 11.8. The molecule has 18 heavy (non-hydrogen) atoms. The summed E-state index contributed by atoms with van der Waals surface area (Å²) >= 11 is 0. The van der Waals surface area contributed by atoms with Gasteiger partial charge in [0.15, 0.2) is 0 Å². The molecule has 1 aliphatic rings. The van der Waals surface area contributed by atoms with Crippen molar-refractivity contribution in [2.45, 2.75) is 6.42 Å². The monoisotopic (exact) mass is 245 g/mol. The van der Waals surface area contributed by atoms with Gasteiger partial charge >= 0.3 is 5.97 Å². The molecule has 1 aliphatic heterocycles. The van der Waals surface area contributed by atoms with Crippen LogP contribution in [0, 0.1) is 5.92 Å². The summed E-state index contributed by atoms with van der Waals surface area (Å²) in [4.78, 5) is 24.8. The minimum atomic E-state index is -0.377. The number of nitrogens with zero attached hydrogens (tertiary/aromatic N) is 1. The molecule has 1 aromatic carbocycles. The molecule has 1 heterocycles. The van der Waals surface area contributed by atoms with E-state index in [1.165, 1.54) is 7.11 Å². The van der Waals surface area contributed by atoms with Crippen LogP contribution >= 0.6 is 0 Å². The molecule has 0 saturated carbocycles. The summed E-state index contributed by atoms with van der Waals surface area (Å²) in [5.74, 6) is -0.0817. The predicted molar refractivity (Wildman–Crippen MR) is 68.4 cm³/mol. The maximum atomic E-state index is 11.8. The number of ether oxygens (including phenoxy) is 1. The number of rotatable bonds is 3. The molecule has 1 atom stereocenters. The SMILES string of the molecule is C=CC1CC(=O)N(c2ccc(C(=O)OC)cc2)C1. The van der Waals surface area contributed by atoms with Gasteiger partial charge in [-0.25, -0.2) is 4.79 Å². The highest BCUT2D eigenvalue weighted by atomic mass is 16.5. The molecule has 0 bridgehead atoms. The largest absolute Gasteiger partial charge is 0.465 e. The van der Waals surface area contributed by atoms with Crippen molar-refractivity contribution < 1.29 is 14.3 Å². The first-order chi connectivity index (χ1) is 8.65. The Morgan fingerprint density at radius 3 is 2.61 bits per heavy atom. The lowest BCUT2D eigenvalue weighted by molar-refractivity contribution is -0.117. The topological polar surface area (TPSA) is 46.6 Å². The molecule has 4 nitrogen and oxygen atoms in total. The molecule has 4 heteroatoms. The number of benzene rings is 1. The third kappa shape index (κ3) is 2.27. The zero-order chi connectivity index (χ0) is 13.1. The number of carbonyl (C=O) groups is 2. The molecule has 0 N–H and O–H groups in total. The van der Waals surface area contributed by atoms with Crippen LogP contribution in [0.1, 0.15) is 16.8 Å². The maximum Gasteiger partial charge on any atom is 0.337 e. The quantitative estimate of drug-likeness (QED) is 0.604. The lowest BCUT2D eigenvalue weighted by atomic mass is 10.1. The van der Waals surface area contributed by atoms with E-state index in [-0.39, 0.29) is 17.8 Å². The molecule has 0 aliphatic carbocycles. The minimum Gasteiger partial charge on any atom is -0.465 e. The Hall–Kier alpha value is -2.10. The lowest BCUT2D eigenvalue weighted by Gasteiger charge is -2.16. The van der Waals surface area contributed by atoms with Crippen LogP contribution < -0.4 is 4.90 Å². The van der Waals surface area contributed by atoms with E-state index in [1.807, 2.05) is 0 Å². The van der Waals surface area contributed by atoms with Crippen molar-refractivity contribution in [3.05, 3.63) is 42.5 Å². The number of hydrogen-bond donors (Lipinski definition) is 0. The van der Waals surface area contributed by atoms with Gasteiger partial charge in [-0.2, -0.15) is 0 Å². The van der Waals surface area contributed by atoms with E-state index in [1.54, 1.807) is 35.2 Å². The van der Waals surface area contributed by atoms with Crippen molar-refractivity contribution in [2.24, 2.45) is 5.92 Å². The van der Waals surface area contributed by atoms with Crippen LogP contribution in [0.25, 0.3) is 0 Å². The van der Waals surface area contributed by atoms with E-state index in [0.717, 1.165) is 5.69 Å². The average molecular weight is 245 g/mol. The van der Waals surface area contributed by atoms with E-state index >= 15 is 0 Å². The Morgan fingerprint density at radius 1 is 1.44 bits per heavy atom. The fourth-order valence-electron chi connectivity index (χ4n) is 2.04. The third-order valence-corrected chi connectivity index (χ3v) is 3.09. The van der Waals surface area contributed by atoms with E-state index in [0.29, 0.717) is 18.5 Å². The first-order valence-corrected chi connectivity index (χ1v) is 5.77. The van der Waals surface area contributed by atoms with E-state index in [4.69, 9.17) is 0 Å². The highest BCUT2D eigenvalue weighted by Crippen LogP contribution is 2.25. The van der Waals surface area contributed by atoms with Gasteiger partial charge in [0.1, 0.15) is 0 Å². The number of anilines is 1. The van der Waals surface area contributed by atoms with Crippen LogP contribution in [0.4, 0.5) is 5.69 Å². The van der Waals surface area contributed by atoms with Gasteiger partial charge in [0.05, 0.1) is 12.7 Å². The molecule has 0 spiro atoms. The average Bonchev–Trinajstić information content (AvgIpc) is 2.79. The summed E-state index contributed by atoms with van der Waals surface area (Å²) in [6.07, 6.45) is 2.31. The predicted octanol–water partition coefficient (Wildman–Crippen LogP) is 2.01. The van der Waals surface area contributed by atoms with E-state index in [9.17, 15) is 9.59 Å². The summed E-state index contributed by atoms with van der Waals surface area (Å²) in [5.41, 5.74) is 1.28. The normalized spacial score (nSPS) is 18.8. The van der Waals surface area contributed by atoms with Gasteiger partial charge < -0.3 is 9.64 Å². The van der Waals surface area contributed by atoms with Crippen molar-refractivity contribution >= 4 is 17.6 Å². The molecule has 2 rings (SSSR count). The molecule has 94 valence electrons. The van der Waals surface area contributed by atoms with Gasteiger partial charge in [-0.1, -0.05) is 6.08 Å². The van der Waals surface area contributed by atoms with Crippen molar-refractivity contribution in [2.75, 3.05) is 18.6 Å². The number of esters is 1. The number of hydrogen-bond acceptors (Lipinski definition) is 3. The summed E-state index contributed by atoms with van der Waals surface area (Å²) in [6.45, 7) is 4.37. The summed E-state index contributed by atoms with van der Waals surface area (Å²) < 4.78 is 4.62. The highest BCUT2D eigenvalue weighted by Gasteiger charge is 2.28. The van der Waals surface area contributed by atoms with E-state index < -0.39 is 0 Å². The zero-order valence-corrected chi connectivity index (χ0v) is 10.3. The van der Waals surface area contributed by atoms with Crippen LogP contribution in [-0.4, -0.2) is 25.5 Å². The molecular weight excluding hydrogens is 230 g/mol. The molecule has 1 unspecified atom stereocenters. The van der Waals surface area contributed by atoms with Gasteiger partial charge in [0.2, 0.25) is 5.91 Å². The third-order valence-electron chi connectivity index (χ3n) is 3.09. The number of amides is 1. The van der Waals surface area contributed by atoms with Gasteiger partial charge in [0, 0.05) is 24.6 Å². The first kappa shape index (κ1) is 12.4. The van der Waals surface area contributed by atoms with Gasteiger partial charge in [-0.3, -0.25) is 4.79 Å². The summed E-state index contributed by atoms with van der Waals surface area (Å²) in [7, 11) is 1.34. The Morgan fingerprint density at radius 2 is 2.11 bits per heavy atom. The van der Waals surface area contributed by atoms with Crippen molar-refractivity contribution in [1.29, 1.82) is 0 Å². The second-order valence-corrected chi connectivity index (χ2v) is 4.24. The van der Waals surface area contributed by atoms with Gasteiger partial charge in [-0.05, 0) is 24.3 Å². The van der Waals surface area contributed by atoms with Crippen molar-refractivity contribution in [3.63, 3.8) is 0 Å². The molecule has 0 radical (unpaired) electrons. The van der Waals surface area contributed by atoms with E-state index in [2.05, 4.69) is 11.3 Å². The Bertz CT molecular complexity index is 478. The van der Waals surface area contributed by atoms with Crippen LogP contribution in [0.3, 0.4) is 0 Å². The van der Waals surface area contributed by atoms with Crippen LogP contribution in [0.15, 0.2) is 36.9 Å². The second-order valence-electron chi connectivity index (χ2n) is 4.24. The molecule has 1 aromatic rings. The smallest absolute Gasteiger partial charge is 0.337 e. The number of methoxy groups -OCH3 is 1. The molecule has 1 amide bonds. The fourth-order valence-corrected chi connectivity index (χ4v) is 2.04. The molecular formula is C14H15NO3.